The lowest BCUT2D eigenvalue weighted by molar-refractivity contribution is -0.0870. The molecule has 0 aromatic heterocycles. The maximum atomic E-state index is 6.10. The second-order valence-electron chi connectivity index (χ2n) is 3.79. The van der Waals surface area contributed by atoms with E-state index in [1.807, 2.05) is 20.8 Å². The number of nitrogens with two attached hydrogens (primary N) is 2. The van der Waals surface area contributed by atoms with Crippen molar-refractivity contribution in [2.45, 2.75) is 51.4 Å². The molecule has 0 aromatic carbocycles. The molecule has 3 unspecified atom stereocenters. The minimum atomic E-state index is -1.44. The van der Waals surface area contributed by atoms with Gasteiger partial charge in [-0.3, -0.25) is 0 Å². The van der Waals surface area contributed by atoms with E-state index in [0.29, 0.717) is 13.2 Å². The van der Waals surface area contributed by atoms with Gasteiger partial charge in [0.2, 0.25) is 0 Å². The topological polar surface area (TPSA) is 70.5 Å². The van der Waals surface area contributed by atoms with Gasteiger partial charge in [-0.15, -0.1) is 0 Å². The van der Waals surface area contributed by atoms with Gasteiger partial charge in [0, 0.05) is 18.9 Å². The van der Waals surface area contributed by atoms with E-state index in [1.165, 1.54) is 0 Å². The molecule has 3 atom stereocenters. The van der Waals surface area contributed by atoms with Crippen molar-refractivity contribution < 1.29 is 9.47 Å². The van der Waals surface area contributed by atoms with E-state index < -0.39 is 8.80 Å². The standard InChI is InChI=1S/C10H26N2O2Si/c1-5-9(12)15(8(4)11)10(13-6-2)14-7-3/h8-10,15H,5-7,11-12H2,1-4H3. The molecule has 0 heterocycles. The Bertz CT molecular complexity index is 152. The predicted octanol–water partition coefficient (Wildman–Crippen LogP) is 0.315. The van der Waals surface area contributed by atoms with E-state index >= 15 is 0 Å². The first kappa shape index (κ1) is 15.1. The van der Waals surface area contributed by atoms with Crippen LogP contribution in [0.15, 0.2) is 0 Å². The highest BCUT2D eigenvalue weighted by molar-refractivity contribution is 6.63. The molecule has 0 saturated carbocycles. The maximum absolute atomic E-state index is 6.10. The quantitative estimate of drug-likeness (QED) is 0.468. The zero-order valence-corrected chi connectivity index (χ0v) is 11.6. The molecule has 0 rings (SSSR count). The van der Waals surface area contributed by atoms with Crippen LogP contribution in [0.5, 0.6) is 0 Å². The third-order valence-corrected chi connectivity index (χ3v) is 6.24. The molecular weight excluding hydrogens is 208 g/mol. The molecule has 4 N–H and O–H groups in total. The minimum Gasteiger partial charge on any atom is -0.357 e. The molecule has 4 nitrogen and oxygen atoms in total. The predicted molar refractivity (Wildman–Crippen MR) is 66.1 cm³/mol. The highest BCUT2D eigenvalue weighted by atomic mass is 28.3. The van der Waals surface area contributed by atoms with E-state index in [9.17, 15) is 0 Å². The van der Waals surface area contributed by atoms with Gasteiger partial charge >= 0.3 is 0 Å². The molecule has 5 heteroatoms. The summed E-state index contributed by atoms with van der Waals surface area (Å²) >= 11 is 0. The molecule has 0 amide bonds. The lowest BCUT2D eigenvalue weighted by Crippen LogP contribution is -2.58. The van der Waals surface area contributed by atoms with E-state index in [4.69, 9.17) is 20.9 Å². The van der Waals surface area contributed by atoms with Gasteiger partial charge in [0.15, 0.2) is 0 Å². The van der Waals surface area contributed by atoms with Gasteiger partial charge in [-0.25, -0.2) is 0 Å². The van der Waals surface area contributed by atoms with Crippen LogP contribution in [0.4, 0.5) is 0 Å². The SMILES string of the molecule is CCOC(OCC)[SiH](C(C)N)C(N)CC. The van der Waals surface area contributed by atoms with Crippen molar-refractivity contribution in [3.05, 3.63) is 0 Å². The van der Waals surface area contributed by atoms with Gasteiger partial charge in [0.05, 0.1) is 0 Å². The van der Waals surface area contributed by atoms with Crippen LogP contribution >= 0.6 is 0 Å². The van der Waals surface area contributed by atoms with Crippen LogP contribution in [0.3, 0.4) is 0 Å². The number of hydrogen-bond donors (Lipinski definition) is 2. The maximum Gasteiger partial charge on any atom is 0.141 e. The fourth-order valence-corrected chi connectivity index (χ4v) is 4.76. The van der Waals surface area contributed by atoms with Gasteiger partial charge in [-0.1, -0.05) is 13.8 Å². The van der Waals surface area contributed by atoms with Gasteiger partial charge in [-0.2, -0.15) is 0 Å². The summed E-state index contributed by atoms with van der Waals surface area (Å²) in [5, 5.41) is 0. The van der Waals surface area contributed by atoms with E-state index in [2.05, 4.69) is 6.92 Å². The summed E-state index contributed by atoms with van der Waals surface area (Å²) in [5.41, 5.74) is 12.4. The van der Waals surface area contributed by atoms with Crippen LogP contribution in [0.25, 0.3) is 0 Å². The molecule has 0 saturated heterocycles. The number of hydrogen-bond acceptors (Lipinski definition) is 4. The van der Waals surface area contributed by atoms with Crippen molar-refractivity contribution in [3.63, 3.8) is 0 Å². The molecule has 15 heavy (non-hydrogen) atoms. The van der Waals surface area contributed by atoms with Crippen LogP contribution in [0.1, 0.15) is 34.1 Å². The summed E-state index contributed by atoms with van der Waals surface area (Å²) in [6.45, 7) is 9.33. The first-order valence-corrected chi connectivity index (χ1v) is 7.82. The lowest BCUT2D eigenvalue weighted by Gasteiger charge is -2.31. The molecule has 0 aliphatic rings. The third kappa shape index (κ3) is 5.08. The molecule has 0 spiro atoms. The normalized spacial score (nSPS) is 17.8. The molecule has 0 aliphatic heterocycles. The smallest absolute Gasteiger partial charge is 0.141 e. The Labute approximate surface area is 94.9 Å². The van der Waals surface area contributed by atoms with Gasteiger partial charge in [0.1, 0.15) is 14.7 Å². The zero-order valence-electron chi connectivity index (χ0n) is 10.4. The van der Waals surface area contributed by atoms with Crippen molar-refractivity contribution in [3.8, 4) is 0 Å². The van der Waals surface area contributed by atoms with Crippen molar-refractivity contribution in [2.24, 2.45) is 11.5 Å². The molecule has 0 bridgehead atoms. The lowest BCUT2D eigenvalue weighted by atomic mass is 10.5. The number of ether oxygens (including phenoxy) is 2. The molecular formula is C10H26N2O2Si. The molecule has 0 aromatic rings. The fraction of sp³-hybridized carbons (Fsp3) is 1.00. The van der Waals surface area contributed by atoms with Crippen molar-refractivity contribution in [1.82, 2.24) is 0 Å². The van der Waals surface area contributed by atoms with Crippen LogP contribution in [0, 0.1) is 0 Å². The molecule has 92 valence electrons. The average Bonchev–Trinajstić information content (AvgIpc) is 2.18. The third-order valence-electron chi connectivity index (χ3n) is 2.55. The molecule has 0 aliphatic carbocycles. The zero-order chi connectivity index (χ0) is 11.8. The van der Waals surface area contributed by atoms with E-state index in [-0.39, 0.29) is 17.2 Å². The Kier molecular flexibility index (Phi) is 8.27. The van der Waals surface area contributed by atoms with Crippen LogP contribution in [-0.4, -0.2) is 39.3 Å². The van der Waals surface area contributed by atoms with Crippen molar-refractivity contribution in [1.29, 1.82) is 0 Å². The Morgan fingerprint density at radius 2 is 1.53 bits per heavy atom. The summed E-state index contributed by atoms with van der Waals surface area (Å²) in [4.78, 5) is 0. The highest BCUT2D eigenvalue weighted by Gasteiger charge is 2.32. The van der Waals surface area contributed by atoms with Crippen LogP contribution in [-0.2, 0) is 9.47 Å². The number of rotatable bonds is 8. The fourth-order valence-electron chi connectivity index (χ4n) is 1.71. The first-order valence-electron chi connectivity index (χ1n) is 5.82. The summed E-state index contributed by atoms with van der Waals surface area (Å²) < 4.78 is 11.2. The average molecular weight is 234 g/mol. The summed E-state index contributed by atoms with van der Waals surface area (Å²) in [7, 11) is -1.44. The minimum absolute atomic E-state index is 0.114. The van der Waals surface area contributed by atoms with Crippen LogP contribution in [0.2, 0.25) is 0 Å². The second-order valence-corrected chi connectivity index (χ2v) is 7.39. The summed E-state index contributed by atoms with van der Waals surface area (Å²) in [6, 6.07) is 0. The Morgan fingerprint density at radius 3 is 1.80 bits per heavy atom. The van der Waals surface area contributed by atoms with Gasteiger partial charge in [-0.05, 0) is 25.9 Å². The van der Waals surface area contributed by atoms with Crippen molar-refractivity contribution in [2.75, 3.05) is 13.2 Å². The van der Waals surface area contributed by atoms with E-state index in [1.54, 1.807) is 0 Å². The molecule has 0 radical (unpaired) electrons. The first-order chi connectivity index (χ1) is 7.08. The Balaban J connectivity index is 4.51. The van der Waals surface area contributed by atoms with Crippen molar-refractivity contribution >= 4 is 8.80 Å². The largest absolute Gasteiger partial charge is 0.357 e. The van der Waals surface area contributed by atoms with Crippen LogP contribution < -0.4 is 11.5 Å². The van der Waals surface area contributed by atoms with Gasteiger partial charge in [0.25, 0.3) is 0 Å². The van der Waals surface area contributed by atoms with E-state index in [0.717, 1.165) is 6.42 Å². The monoisotopic (exact) mass is 234 g/mol. The second kappa shape index (κ2) is 8.24. The summed E-state index contributed by atoms with van der Waals surface area (Å²) in [5.74, 6) is -0.144. The molecule has 0 fully saturated rings. The summed E-state index contributed by atoms with van der Waals surface area (Å²) in [6.07, 6.45) is 0.940. The Morgan fingerprint density at radius 1 is 1.07 bits per heavy atom. The Hall–Kier alpha value is 0.0569. The highest BCUT2D eigenvalue weighted by Crippen LogP contribution is 2.09. The van der Waals surface area contributed by atoms with Gasteiger partial charge < -0.3 is 20.9 Å².